The van der Waals surface area contributed by atoms with Crippen LogP contribution >= 0.6 is 11.3 Å². The van der Waals surface area contributed by atoms with Crippen LogP contribution in [-0.2, 0) is 20.7 Å². The van der Waals surface area contributed by atoms with Gasteiger partial charge in [-0.1, -0.05) is 25.1 Å². The normalized spacial score (nSPS) is 16.2. The Hall–Kier alpha value is -2.67. The second-order valence-electron chi connectivity index (χ2n) is 6.34. The number of carbonyl (C=O) groups is 3. The molecule has 1 aromatic carbocycles. The zero-order chi connectivity index (χ0) is 19.2. The van der Waals surface area contributed by atoms with Gasteiger partial charge in [-0.05, 0) is 48.4 Å². The molecule has 6 nitrogen and oxygen atoms in total. The summed E-state index contributed by atoms with van der Waals surface area (Å²) in [4.78, 5) is 39.0. The number of hydrogen-bond acceptors (Lipinski definition) is 5. The van der Waals surface area contributed by atoms with Crippen molar-refractivity contribution >= 4 is 34.8 Å². The lowest BCUT2D eigenvalue weighted by atomic mass is 10.1. The molecule has 7 heteroatoms. The highest BCUT2D eigenvalue weighted by atomic mass is 32.1. The summed E-state index contributed by atoms with van der Waals surface area (Å²) in [6, 6.07) is 10.4. The fraction of sp³-hybridized carbons (Fsp3) is 0.350. The molecule has 1 atom stereocenters. The summed E-state index contributed by atoms with van der Waals surface area (Å²) in [5.74, 6) is -1.10. The molecule has 0 saturated carbocycles. The number of hydrogen-bond donors (Lipinski definition) is 1. The number of likely N-dealkylation sites (tertiary alicyclic amines) is 1. The Kier molecular flexibility index (Phi) is 6.24. The van der Waals surface area contributed by atoms with Crippen molar-refractivity contribution in [3.8, 4) is 0 Å². The van der Waals surface area contributed by atoms with E-state index in [4.69, 9.17) is 4.74 Å². The predicted octanol–water partition coefficient (Wildman–Crippen LogP) is 3.10. The molecule has 0 bridgehead atoms. The third-order valence-corrected chi connectivity index (χ3v) is 5.37. The van der Waals surface area contributed by atoms with Gasteiger partial charge in [0.15, 0.2) is 6.61 Å². The second-order valence-corrected chi connectivity index (χ2v) is 7.29. The zero-order valence-corrected chi connectivity index (χ0v) is 16.0. The fourth-order valence-electron chi connectivity index (χ4n) is 3.05. The van der Waals surface area contributed by atoms with Crippen molar-refractivity contribution < 1.29 is 19.1 Å². The van der Waals surface area contributed by atoms with E-state index in [1.807, 2.05) is 29.6 Å². The van der Waals surface area contributed by atoms with Crippen LogP contribution in [0.5, 0.6) is 0 Å². The van der Waals surface area contributed by atoms with E-state index in [1.54, 1.807) is 12.1 Å². The maximum atomic E-state index is 12.5. The van der Waals surface area contributed by atoms with Crippen molar-refractivity contribution in [3.63, 3.8) is 0 Å². The van der Waals surface area contributed by atoms with Gasteiger partial charge in [-0.3, -0.25) is 9.59 Å². The molecule has 1 aliphatic rings. The smallest absolute Gasteiger partial charge is 0.329 e. The number of benzene rings is 1. The first-order chi connectivity index (χ1) is 13.1. The maximum Gasteiger partial charge on any atom is 0.329 e. The monoisotopic (exact) mass is 386 g/mol. The van der Waals surface area contributed by atoms with Crippen LogP contribution in [0.15, 0.2) is 41.8 Å². The number of aryl methyl sites for hydroxylation is 1. The Balaban J connectivity index is 1.51. The third kappa shape index (κ3) is 4.74. The minimum Gasteiger partial charge on any atom is -0.454 e. The molecule has 2 heterocycles. The molecule has 2 aromatic rings. The van der Waals surface area contributed by atoms with E-state index in [9.17, 15) is 14.4 Å². The van der Waals surface area contributed by atoms with Crippen molar-refractivity contribution in [2.45, 2.75) is 32.2 Å². The van der Waals surface area contributed by atoms with E-state index in [0.29, 0.717) is 23.5 Å². The number of carbonyl (C=O) groups excluding carboxylic acids is 3. The van der Waals surface area contributed by atoms with Gasteiger partial charge in [-0.2, -0.15) is 0 Å². The number of rotatable bonds is 6. The Labute approximate surface area is 162 Å². The molecule has 1 saturated heterocycles. The van der Waals surface area contributed by atoms with Crippen LogP contribution in [0, 0.1) is 0 Å². The molecule has 0 unspecified atom stereocenters. The first-order valence-corrected chi connectivity index (χ1v) is 9.86. The van der Waals surface area contributed by atoms with Crippen LogP contribution in [-0.4, -0.2) is 41.9 Å². The molecule has 1 aliphatic heterocycles. The van der Waals surface area contributed by atoms with E-state index < -0.39 is 17.9 Å². The standard InChI is InChI=1S/C20H22N2O4S/c1-2-14-7-9-15(10-8-14)21-18(23)13-26-20(25)16-5-3-11-22(16)19(24)17-6-4-12-27-17/h4,6-10,12,16H,2-3,5,11,13H2,1H3,(H,21,23)/t16-/m0/s1. The predicted molar refractivity (Wildman–Crippen MR) is 104 cm³/mol. The number of nitrogens with one attached hydrogen (secondary N) is 1. The van der Waals surface area contributed by atoms with Crippen LogP contribution in [0.3, 0.4) is 0 Å². The van der Waals surface area contributed by atoms with Crippen LogP contribution in [0.25, 0.3) is 0 Å². The van der Waals surface area contributed by atoms with Crippen LogP contribution < -0.4 is 5.32 Å². The number of ether oxygens (including phenoxy) is 1. The van der Waals surface area contributed by atoms with Gasteiger partial charge >= 0.3 is 5.97 Å². The molecule has 3 rings (SSSR count). The zero-order valence-electron chi connectivity index (χ0n) is 15.1. The van der Waals surface area contributed by atoms with E-state index in [0.717, 1.165) is 12.8 Å². The molecule has 1 N–H and O–H groups in total. The molecular formula is C20H22N2O4S. The largest absolute Gasteiger partial charge is 0.454 e. The number of anilines is 1. The minimum atomic E-state index is -0.628. The molecular weight excluding hydrogens is 364 g/mol. The van der Waals surface area contributed by atoms with Gasteiger partial charge in [0.25, 0.3) is 11.8 Å². The van der Waals surface area contributed by atoms with Crippen molar-refractivity contribution in [2.24, 2.45) is 0 Å². The van der Waals surface area contributed by atoms with Gasteiger partial charge in [0.05, 0.1) is 4.88 Å². The summed E-state index contributed by atoms with van der Waals surface area (Å²) < 4.78 is 5.16. The number of nitrogens with zero attached hydrogens (tertiary/aromatic N) is 1. The topological polar surface area (TPSA) is 75.7 Å². The van der Waals surface area contributed by atoms with Gasteiger partial charge in [-0.25, -0.2) is 4.79 Å². The summed E-state index contributed by atoms with van der Waals surface area (Å²) in [7, 11) is 0. The maximum absolute atomic E-state index is 12.5. The Bertz CT molecular complexity index is 802. The highest BCUT2D eigenvalue weighted by molar-refractivity contribution is 7.12. The quantitative estimate of drug-likeness (QED) is 0.774. The molecule has 0 aliphatic carbocycles. The molecule has 1 aromatic heterocycles. The van der Waals surface area contributed by atoms with Crippen molar-refractivity contribution in [1.82, 2.24) is 4.90 Å². The van der Waals surface area contributed by atoms with Crippen LogP contribution in [0.4, 0.5) is 5.69 Å². The lowest BCUT2D eigenvalue weighted by molar-refractivity contribution is -0.151. The molecule has 1 fully saturated rings. The third-order valence-electron chi connectivity index (χ3n) is 4.51. The summed E-state index contributed by atoms with van der Waals surface area (Å²) >= 11 is 1.35. The molecule has 0 spiro atoms. The minimum absolute atomic E-state index is 0.162. The number of esters is 1. The Morgan fingerprint density at radius 2 is 2.00 bits per heavy atom. The average Bonchev–Trinajstić information content (AvgIpc) is 3.38. The first kappa shape index (κ1) is 19.1. The van der Waals surface area contributed by atoms with Crippen molar-refractivity contribution in [3.05, 3.63) is 52.2 Å². The summed E-state index contributed by atoms with van der Waals surface area (Å²) in [6.45, 7) is 2.21. The summed E-state index contributed by atoms with van der Waals surface area (Å²) in [6.07, 6.45) is 2.22. The highest BCUT2D eigenvalue weighted by Crippen LogP contribution is 2.23. The van der Waals surface area contributed by atoms with Crippen molar-refractivity contribution in [2.75, 3.05) is 18.5 Å². The van der Waals surface area contributed by atoms with Gasteiger partial charge < -0.3 is 15.0 Å². The second kappa shape index (κ2) is 8.81. The van der Waals surface area contributed by atoms with Crippen LogP contribution in [0.1, 0.15) is 35.0 Å². The van der Waals surface area contributed by atoms with Gasteiger partial charge in [0.1, 0.15) is 6.04 Å². The average molecular weight is 386 g/mol. The van der Waals surface area contributed by atoms with Gasteiger partial charge in [-0.15, -0.1) is 11.3 Å². The SMILES string of the molecule is CCc1ccc(NC(=O)COC(=O)[C@@H]2CCCN2C(=O)c2cccs2)cc1. The highest BCUT2D eigenvalue weighted by Gasteiger charge is 2.36. The molecule has 0 radical (unpaired) electrons. The Morgan fingerprint density at radius 3 is 2.67 bits per heavy atom. The van der Waals surface area contributed by atoms with E-state index in [-0.39, 0.29) is 12.5 Å². The van der Waals surface area contributed by atoms with Gasteiger partial charge in [0.2, 0.25) is 0 Å². The number of thiophene rings is 1. The molecule has 2 amide bonds. The lowest BCUT2D eigenvalue weighted by Gasteiger charge is -2.22. The Morgan fingerprint density at radius 1 is 1.22 bits per heavy atom. The first-order valence-electron chi connectivity index (χ1n) is 8.98. The lowest BCUT2D eigenvalue weighted by Crippen LogP contribution is -2.41. The summed E-state index contributed by atoms with van der Waals surface area (Å²) in [5.41, 5.74) is 1.83. The molecule has 27 heavy (non-hydrogen) atoms. The number of amides is 2. The fourth-order valence-corrected chi connectivity index (χ4v) is 3.73. The van der Waals surface area contributed by atoms with Crippen LogP contribution in [0.2, 0.25) is 0 Å². The summed E-state index contributed by atoms with van der Waals surface area (Å²) in [5, 5.41) is 4.53. The van der Waals surface area contributed by atoms with E-state index in [2.05, 4.69) is 12.2 Å². The van der Waals surface area contributed by atoms with Crippen molar-refractivity contribution in [1.29, 1.82) is 0 Å². The van der Waals surface area contributed by atoms with Gasteiger partial charge in [0, 0.05) is 12.2 Å². The van der Waals surface area contributed by atoms with E-state index >= 15 is 0 Å². The molecule has 142 valence electrons. The van der Waals surface area contributed by atoms with E-state index in [1.165, 1.54) is 21.8 Å².